The number of rotatable bonds is 5. The Hall–Kier alpha value is -1.39. The highest BCUT2D eigenvalue weighted by atomic mass is 16.3. The van der Waals surface area contributed by atoms with E-state index < -0.39 is 0 Å². The summed E-state index contributed by atoms with van der Waals surface area (Å²) in [5, 5.41) is 10.2. The number of likely N-dealkylation sites (tertiary alicyclic amines) is 2. The van der Waals surface area contributed by atoms with E-state index in [1.807, 2.05) is 0 Å². The minimum absolute atomic E-state index is 0.119. The molecule has 25 heavy (non-hydrogen) atoms. The van der Waals surface area contributed by atoms with Crippen LogP contribution in [0.2, 0.25) is 0 Å². The summed E-state index contributed by atoms with van der Waals surface area (Å²) in [6.45, 7) is 6.88. The standard InChI is InChI=1S/C21H30N2O2/c1-2-16-3-5-17(6-4-16)11-22-10-9-19-12-23(20(25)18-7-8-18)14-21(19,13-22)15-24/h3-6,18-19,24H,2,7-15H2,1H3/t19-,21+/m0/s1. The minimum Gasteiger partial charge on any atom is -0.396 e. The summed E-state index contributed by atoms with van der Waals surface area (Å²) in [7, 11) is 0. The summed E-state index contributed by atoms with van der Waals surface area (Å²) < 4.78 is 0. The summed E-state index contributed by atoms with van der Waals surface area (Å²) in [6.07, 6.45) is 4.28. The maximum atomic E-state index is 12.5. The zero-order valence-corrected chi connectivity index (χ0v) is 15.3. The van der Waals surface area contributed by atoms with Crippen LogP contribution in [0.3, 0.4) is 0 Å². The lowest BCUT2D eigenvalue weighted by molar-refractivity contribution is -0.132. The smallest absolute Gasteiger partial charge is 0.225 e. The van der Waals surface area contributed by atoms with Crippen LogP contribution in [0.5, 0.6) is 0 Å². The maximum Gasteiger partial charge on any atom is 0.225 e. The van der Waals surface area contributed by atoms with Gasteiger partial charge in [-0.1, -0.05) is 31.2 Å². The number of nitrogens with zero attached hydrogens (tertiary/aromatic N) is 2. The van der Waals surface area contributed by atoms with Crippen molar-refractivity contribution < 1.29 is 9.90 Å². The van der Waals surface area contributed by atoms with Gasteiger partial charge in [-0.15, -0.1) is 0 Å². The van der Waals surface area contributed by atoms with Crippen molar-refractivity contribution in [1.29, 1.82) is 0 Å². The Kier molecular flexibility index (Phi) is 4.59. The molecule has 1 aliphatic carbocycles. The average Bonchev–Trinajstić information content (AvgIpc) is 3.42. The Balaban J connectivity index is 1.43. The van der Waals surface area contributed by atoms with Gasteiger partial charge in [-0.25, -0.2) is 0 Å². The van der Waals surface area contributed by atoms with Crippen molar-refractivity contribution in [3.05, 3.63) is 35.4 Å². The number of benzene rings is 1. The van der Waals surface area contributed by atoms with Gasteiger partial charge in [0.05, 0.1) is 6.61 Å². The van der Waals surface area contributed by atoms with Crippen LogP contribution in [0.25, 0.3) is 0 Å². The molecule has 4 nitrogen and oxygen atoms in total. The van der Waals surface area contributed by atoms with Crippen LogP contribution in [-0.4, -0.2) is 53.6 Å². The van der Waals surface area contributed by atoms with Gasteiger partial charge in [0.25, 0.3) is 0 Å². The molecule has 3 fully saturated rings. The van der Waals surface area contributed by atoms with Crippen LogP contribution in [0.15, 0.2) is 24.3 Å². The van der Waals surface area contributed by atoms with Crippen molar-refractivity contribution in [1.82, 2.24) is 9.80 Å². The van der Waals surface area contributed by atoms with Crippen molar-refractivity contribution >= 4 is 5.91 Å². The SMILES string of the molecule is CCc1ccc(CN2CC[C@H]3CN(C(=O)C4CC4)C[C@@]3(CO)C2)cc1. The van der Waals surface area contributed by atoms with Gasteiger partial charge in [-0.2, -0.15) is 0 Å². The molecule has 2 aliphatic heterocycles. The molecule has 2 heterocycles. The second kappa shape index (κ2) is 6.73. The Morgan fingerprint density at radius 3 is 2.52 bits per heavy atom. The molecule has 1 amide bonds. The first-order valence-electron chi connectivity index (χ1n) is 9.83. The van der Waals surface area contributed by atoms with Gasteiger partial charge in [0.1, 0.15) is 0 Å². The number of piperidine rings is 1. The van der Waals surface area contributed by atoms with E-state index in [0.29, 0.717) is 11.8 Å². The number of hydrogen-bond donors (Lipinski definition) is 1. The van der Waals surface area contributed by atoms with Gasteiger partial charge >= 0.3 is 0 Å². The second-order valence-electron chi connectivity index (χ2n) is 8.38. The molecule has 2 atom stereocenters. The first kappa shape index (κ1) is 17.0. The Labute approximate surface area is 150 Å². The first-order chi connectivity index (χ1) is 12.1. The fourth-order valence-corrected chi connectivity index (χ4v) is 4.73. The molecule has 0 unspecified atom stereocenters. The van der Waals surface area contributed by atoms with E-state index in [2.05, 4.69) is 41.0 Å². The van der Waals surface area contributed by atoms with Gasteiger partial charge < -0.3 is 10.0 Å². The lowest BCUT2D eigenvalue weighted by Crippen LogP contribution is -2.50. The van der Waals surface area contributed by atoms with Crippen LogP contribution in [-0.2, 0) is 17.8 Å². The van der Waals surface area contributed by atoms with Crippen LogP contribution in [0, 0.1) is 17.3 Å². The van der Waals surface area contributed by atoms with Crippen LogP contribution in [0.1, 0.15) is 37.3 Å². The van der Waals surface area contributed by atoms with Crippen LogP contribution in [0.4, 0.5) is 0 Å². The molecule has 1 N–H and O–H groups in total. The summed E-state index contributed by atoms with van der Waals surface area (Å²) in [6, 6.07) is 8.90. The van der Waals surface area contributed by atoms with Gasteiger partial charge in [0.2, 0.25) is 5.91 Å². The molecular formula is C21H30N2O2. The zero-order valence-electron chi connectivity index (χ0n) is 15.3. The van der Waals surface area contributed by atoms with Crippen molar-refractivity contribution in [3.8, 4) is 0 Å². The number of carbonyl (C=O) groups excluding carboxylic acids is 1. The number of aliphatic hydroxyl groups excluding tert-OH is 1. The molecular weight excluding hydrogens is 312 g/mol. The minimum atomic E-state index is -0.119. The maximum absolute atomic E-state index is 12.5. The third-order valence-corrected chi connectivity index (χ3v) is 6.54. The lowest BCUT2D eigenvalue weighted by Gasteiger charge is -2.43. The highest BCUT2D eigenvalue weighted by molar-refractivity contribution is 5.81. The molecule has 136 valence electrons. The molecule has 1 aromatic carbocycles. The summed E-state index contributed by atoms with van der Waals surface area (Å²) in [5.74, 6) is 1.08. The lowest BCUT2D eigenvalue weighted by atomic mass is 9.74. The van der Waals surface area contributed by atoms with E-state index in [-0.39, 0.29) is 17.9 Å². The predicted molar refractivity (Wildman–Crippen MR) is 98.0 cm³/mol. The quantitative estimate of drug-likeness (QED) is 0.893. The summed E-state index contributed by atoms with van der Waals surface area (Å²) in [4.78, 5) is 17.0. The van der Waals surface area contributed by atoms with Crippen molar-refractivity contribution in [2.75, 3.05) is 32.8 Å². The highest BCUT2D eigenvalue weighted by Gasteiger charge is 2.51. The topological polar surface area (TPSA) is 43.8 Å². The molecule has 1 saturated carbocycles. The van der Waals surface area contributed by atoms with Crippen molar-refractivity contribution in [3.63, 3.8) is 0 Å². The molecule has 1 aromatic rings. The fraction of sp³-hybridized carbons (Fsp3) is 0.667. The molecule has 4 rings (SSSR count). The number of hydrogen-bond acceptors (Lipinski definition) is 3. The second-order valence-corrected chi connectivity index (χ2v) is 8.38. The van der Waals surface area contributed by atoms with Gasteiger partial charge in [-0.05, 0) is 49.3 Å². The Morgan fingerprint density at radius 1 is 1.16 bits per heavy atom. The predicted octanol–water partition coefficient (Wildman–Crippen LogP) is 2.30. The molecule has 4 heteroatoms. The van der Waals surface area contributed by atoms with E-state index >= 15 is 0 Å². The molecule has 0 spiro atoms. The summed E-state index contributed by atoms with van der Waals surface area (Å²) in [5.41, 5.74) is 2.60. The van der Waals surface area contributed by atoms with Crippen molar-refractivity contribution in [2.45, 2.75) is 39.2 Å². The molecule has 2 saturated heterocycles. The van der Waals surface area contributed by atoms with Crippen LogP contribution < -0.4 is 0 Å². The number of aliphatic hydroxyl groups is 1. The number of fused-ring (bicyclic) bond motifs is 1. The average molecular weight is 342 g/mol. The molecule has 0 bridgehead atoms. The first-order valence-corrected chi connectivity index (χ1v) is 9.83. The van der Waals surface area contributed by atoms with Gasteiger partial charge in [0, 0.05) is 37.5 Å². The monoisotopic (exact) mass is 342 g/mol. The van der Waals surface area contributed by atoms with E-state index in [1.165, 1.54) is 11.1 Å². The van der Waals surface area contributed by atoms with E-state index in [0.717, 1.165) is 58.4 Å². The Morgan fingerprint density at radius 2 is 1.88 bits per heavy atom. The Bertz CT molecular complexity index is 625. The highest BCUT2D eigenvalue weighted by Crippen LogP contribution is 2.44. The van der Waals surface area contributed by atoms with E-state index in [1.54, 1.807) is 0 Å². The van der Waals surface area contributed by atoms with Crippen LogP contribution >= 0.6 is 0 Å². The molecule has 3 aliphatic rings. The third-order valence-electron chi connectivity index (χ3n) is 6.54. The van der Waals surface area contributed by atoms with Crippen molar-refractivity contribution in [2.24, 2.45) is 17.3 Å². The summed E-state index contributed by atoms with van der Waals surface area (Å²) >= 11 is 0. The normalized spacial score (nSPS) is 29.7. The third kappa shape index (κ3) is 3.34. The number of aryl methyl sites for hydroxylation is 1. The molecule has 0 aromatic heterocycles. The van der Waals surface area contributed by atoms with E-state index in [9.17, 15) is 9.90 Å². The molecule has 0 radical (unpaired) electrons. The van der Waals surface area contributed by atoms with E-state index in [4.69, 9.17) is 0 Å². The fourth-order valence-electron chi connectivity index (χ4n) is 4.73. The van der Waals surface area contributed by atoms with Gasteiger partial charge in [0.15, 0.2) is 0 Å². The zero-order chi connectivity index (χ0) is 17.4. The number of amides is 1. The largest absolute Gasteiger partial charge is 0.396 e. The van der Waals surface area contributed by atoms with Gasteiger partial charge in [-0.3, -0.25) is 9.69 Å². The number of carbonyl (C=O) groups is 1.